The lowest BCUT2D eigenvalue weighted by Gasteiger charge is -2.33. The van der Waals surface area contributed by atoms with E-state index in [1.807, 2.05) is 18.7 Å². The monoisotopic (exact) mass is 172 g/mol. The zero-order valence-corrected chi connectivity index (χ0v) is 8.03. The fourth-order valence-electron chi connectivity index (χ4n) is 2.92. The number of fused-ring (bicyclic) bond motifs is 2. The number of thioether (sulfide) groups is 1. The van der Waals surface area contributed by atoms with Gasteiger partial charge in [-0.05, 0) is 44.3 Å². The van der Waals surface area contributed by atoms with Crippen LogP contribution in [0.1, 0.15) is 26.2 Å². The Labute approximate surface area is 72.6 Å². The van der Waals surface area contributed by atoms with Gasteiger partial charge in [-0.15, -0.1) is 0 Å². The van der Waals surface area contributed by atoms with Crippen molar-refractivity contribution in [2.75, 3.05) is 6.26 Å². The third-order valence-corrected chi connectivity index (χ3v) is 4.53. The van der Waals surface area contributed by atoms with Crippen molar-refractivity contribution in [1.29, 1.82) is 0 Å². The molecule has 4 atom stereocenters. The first-order chi connectivity index (χ1) is 5.13. The van der Waals surface area contributed by atoms with E-state index in [9.17, 15) is 5.11 Å². The summed E-state index contributed by atoms with van der Waals surface area (Å²) in [5.74, 6) is 1.41. The van der Waals surface area contributed by atoms with Gasteiger partial charge in [0.2, 0.25) is 0 Å². The van der Waals surface area contributed by atoms with E-state index in [2.05, 4.69) is 6.26 Å². The zero-order valence-electron chi connectivity index (χ0n) is 7.21. The molecular weight excluding hydrogens is 156 g/mol. The zero-order chi connectivity index (χ0) is 8.06. The van der Waals surface area contributed by atoms with Gasteiger partial charge in [-0.3, -0.25) is 0 Å². The second-order valence-electron chi connectivity index (χ2n) is 4.28. The Balaban J connectivity index is 2.14. The first-order valence-electron chi connectivity index (χ1n) is 4.38. The molecule has 11 heavy (non-hydrogen) atoms. The van der Waals surface area contributed by atoms with Crippen molar-refractivity contribution in [3.63, 3.8) is 0 Å². The highest BCUT2D eigenvalue weighted by molar-refractivity contribution is 7.99. The third kappa shape index (κ3) is 1.11. The van der Waals surface area contributed by atoms with Gasteiger partial charge >= 0.3 is 0 Å². The molecule has 0 aromatic rings. The van der Waals surface area contributed by atoms with Gasteiger partial charge in [-0.2, -0.15) is 11.8 Å². The van der Waals surface area contributed by atoms with Crippen LogP contribution in [0.15, 0.2) is 0 Å². The summed E-state index contributed by atoms with van der Waals surface area (Å²) in [5, 5.41) is 10.7. The molecule has 0 radical (unpaired) electrons. The van der Waals surface area contributed by atoms with E-state index in [0.717, 1.165) is 17.6 Å². The minimum atomic E-state index is -0.337. The average Bonchev–Trinajstić information content (AvgIpc) is 2.41. The van der Waals surface area contributed by atoms with Gasteiger partial charge < -0.3 is 5.11 Å². The molecule has 2 heteroatoms. The molecule has 0 amide bonds. The third-order valence-electron chi connectivity index (χ3n) is 3.41. The number of hydrogen-bond donors (Lipinski definition) is 1. The summed E-state index contributed by atoms with van der Waals surface area (Å²) < 4.78 is 0. The Kier molecular flexibility index (Phi) is 1.73. The molecule has 2 rings (SSSR count). The topological polar surface area (TPSA) is 20.2 Å². The molecular formula is C9H16OS. The van der Waals surface area contributed by atoms with Gasteiger partial charge in [0, 0.05) is 5.25 Å². The maximum Gasteiger partial charge on any atom is 0.0661 e. The molecule has 0 unspecified atom stereocenters. The molecule has 0 saturated heterocycles. The molecule has 0 aliphatic heterocycles. The average molecular weight is 172 g/mol. The van der Waals surface area contributed by atoms with Crippen molar-refractivity contribution in [3.8, 4) is 0 Å². The van der Waals surface area contributed by atoms with Gasteiger partial charge in [0.15, 0.2) is 0 Å². The van der Waals surface area contributed by atoms with Gasteiger partial charge in [0.1, 0.15) is 0 Å². The molecule has 2 aliphatic rings. The lowest BCUT2D eigenvalue weighted by Crippen LogP contribution is -2.37. The van der Waals surface area contributed by atoms with Gasteiger partial charge in [0.05, 0.1) is 5.60 Å². The molecule has 2 bridgehead atoms. The molecule has 0 spiro atoms. The molecule has 0 aromatic heterocycles. The predicted molar refractivity (Wildman–Crippen MR) is 48.8 cm³/mol. The first-order valence-corrected chi connectivity index (χ1v) is 5.67. The number of hydrogen-bond acceptors (Lipinski definition) is 2. The molecule has 2 aliphatic carbocycles. The lowest BCUT2D eigenvalue weighted by molar-refractivity contribution is 0.00809. The fourth-order valence-corrected chi connectivity index (χ4v) is 4.11. The normalized spacial score (nSPS) is 55.4. The molecule has 2 saturated carbocycles. The minimum absolute atomic E-state index is 0.337. The summed E-state index contributed by atoms with van der Waals surface area (Å²) in [6.45, 7) is 2.01. The summed E-state index contributed by atoms with van der Waals surface area (Å²) in [6.07, 6.45) is 5.84. The Hall–Kier alpha value is 0.310. The van der Waals surface area contributed by atoms with E-state index in [0.29, 0.717) is 5.92 Å². The lowest BCUT2D eigenvalue weighted by atomic mass is 9.86. The summed E-state index contributed by atoms with van der Waals surface area (Å²) in [5.41, 5.74) is -0.337. The van der Waals surface area contributed by atoms with Gasteiger partial charge in [-0.1, -0.05) is 0 Å². The van der Waals surface area contributed by atoms with Crippen LogP contribution in [-0.2, 0) is 0 Å². The minimum Gasteiger partial charge on any atom is -0.390 e. The second kappa shape index (κ2) is 2.40. The molecule has 1 nitrogen and oxygen atoms in total. The molecule has 0 aromatic carbocycles. The molecule has 1 N–H and O–H groups in total. The van der Waals surface area contributed by atoms with Crippen molar-refractivity contribution in [2.45, 2.75) is 37.0 Å². The Morgan fingerprint density at radius 2 is 2.18 bits per heavy atom. The first kappa shape index (κ1) is 7.93. The van der Waals surface area contributed by atoms with Crippen LogP contribution in [0.5, 0.6) is 0 Å². The van der Waals surface area contributed by atoms with Crippen LogP contribution in [-0.4, -0.2) is 22.2 Å². The molecule has 0 heterocycles. The standard InChI is InChI=1S/C9H16OS/c1-9(10)5-6-3-7(9)8(4-6)11-2/h6-8,10H,3-5H2,1-2H3/t6-,7+,8-,9+/m1/s1. The quantitative estimate of drug-likeness (QED) is 0.652. The van der Waals surface area contributed by atoms with Gasteiger partial charge in [-0.25, -0.2) is 0 Å². The van der Waals surface area contributed by atoms with Crippen molar-refractivity contribution in [1.82, 2.24) is 0 Å². The highest BCUT2D eigenvalue weighted by Crippen LogP contribution is 2.53. The van der Waals surface area contributed by atoms with E-state index >= 15 is 0 Å². The summed E-state index contributed by atoms with van der Waals surface area (Å²) >= 11 is 1.94. The van der Waals surface area contributed by atoms with Crippen LogP contribution in [0.25, 0.3) is 0 Å². The Morgan fingerprint density at radius 1 is 1.45 bits per heavy atom. The fraction of sp³-hybridized carbons (Fsp3) is 1.00. The van der Waals surface area contributed by atoms with Gasteiger partial charge in [0.25, 0.3) is 0 Å². The largest absolute Gasteiger partial charge is 0.390 e. The maximum atomic E-state index is 9.97. The smallest absolute Gasteiger partial charge is 0.0661 e. The second-order valence-corrected chi connectivity index (χ2v) is 5.36. The highest BCUT2D eigenvalue weighted by Gasteiger charge is 2.51. The molecule has 64 valence electrons. The number of aliphatic hydroxyl groups is 1. The van der Waals surface area contributed by atoms with E-state index in [-0.39, 0.29) is 5.60 Å². The van der Waals surface area contributed by atoms with Crippen molar-refractivity contribution in [2.24, 2.45) is 11.8 Å². The van der Waals surface area contributed by atoms with Crippen LogP contribution >= 0.6 is 11.8 Å². The van der Waals surface area contributed by atoms with Crippen molar-refractivity contribution >= 4 is 11.8 Å². The number of rotatable bonds is 1. The van der Waals surface area contributed by atoms with E-state index in [4.69, 9.17) is 0 Å². The van der Waals surface area contributed by atoms with Crippen LogP contribution < -0.4 is 0 Å². The summed E-state index contributed by atoms with van der Waals surface area (Å²) in [6, 6.07) is 0. The Morgan fingerprint density at radius 3 is 2.55 bits per heavy atom. The predicted octanol–water partition coefficient (Wildman–Crippen LogP) is 1.90. The van der Waals surface area contributed by atoms with E-state index in [1.54, 1.807) is 0 Å². The summed E-state index contributed by atoms with van der Waals surface area (Å²) in [4.78, 5) is 0. The van der Waals surface area contributed by atoms with Crippen LogP contribution in [0.2, 0.25) is 0 Å². The Bertz CT molecular complexity index is 167. The van der Waals surface area contributed by atoms with Crippen molar-refractivity contribution in [3.05, 3.63) is 0 Å². The maximum absolute atomic E-state index is 9.97. The SMILES string of the molecule is CS[C@@H]1C[C@H]2C[C@@H]1[C@@](C)(O)C2. The molecule has 2 fully saturated rings. The van der Waals surface area contributed by atoms with Crippen LogP contribution in [0.3, 0.4) is 0 Å². The highest BCUT2D eigenvalue weighted by atomic mass is 32.2. The van der Waals surface area contributed by atoms with E-state index < -0.39 is 0 Å². The summed E-state index contributed by atoms with van der Waals surface area (Å²) in [7, 11) is 0. The van der Waals surface area contributed by atoms with E-state index in [1.165, 1.54) is 12.8 Å². The van der Waals surface area contributed by atoms with Crippen LogP contribution in [0, 0.1) is 11.8 Å². The van der Waals surface area contributed by atoms with Crippen molar-refractivity contribution < 1.29 is 5.11 Å². The van der Waals surface area contributed by atoms with Crippen LogP contribution in [0.4, 0.5) is 0 Å².